The number of aryl methyl sites for hydroxylation is 1. The zero-order valence-corrected chi connectivity index (χ0v) is 10.7. The predicted octanol–water partition coefficient (Wildman–Crippen LogP) is 1.58. The van der Waals surface area contributed by atoms with Crippen LogP contribution in [0.25, 0.3) is 11.0 Å². The largest absolute Gasteiger partial charge is 0.323 e. The molecule has 0 radical (unpaired) electrons. The van der Waals surface area contributed by atoms with Crippen molar-refractivity contribution in [2.24, 2.45) is 7.05 Å². The Morgan fingerprint density at radius 1 is 1.26 bits per heavy atom. The number of ketones is 1. The number of fused-ring (bicyclic) bond motifs is 1. The normalized spacial score (nSPS) is 11.0. The second-order valence-electron chi connectivity index (χ2n) is 4.56. The van der Waals surface area contributed by atoms with Gasteiger partial charge in [-0.2, -0.15) is 5.10 Å². The predicted molar refractivity (Wildman–Crippen MR) is 71.7 cm³/mol. The highest BCUT2D eigenvalue weighted by Crippen LogP contribution is 2.12. The van der Waals surface area contributed by atoms with E-state index in [0.29, 0.717) is 13.0 Å². The molecule has 2 heterocycles. The van der Waals surface area contributed by atoms with E-state index in [1.807, 2.05) is 48.1 Å². The van der Waals surface area contributed by atoms with Gasteiger partial charge in [-0.05, 0) is 18.2 Å². The number of rotatable bonds is 4. The molecule has 0 N–H and O–H groups in total. The molecule has 3 rings (SSSR count). The van der Waals surface area contributed by atoms with Gasteiger partial charge in [0.05, 0.1) is 36.0 Å². The van der Waals surface area contributed by atoms with Crippen molar-refractivity contribution in [1.29, 1.82) is 0 Å². The number of carbonyl (C=O) groups excluding carboxylic acids is 1. The van der Waals surface area contributed by atoms with Gasteiger partial charge in [0.25, 0.3) is 0 Å². The van der Waals surface area contributed by atoms with E-state index in [0.717, 1.165) is 16.7 Å². The maximum absolute atomic E-state index is 12.0. The van der Waals surface area contributed by atoms with Gasteiger partial charge in [-0.25, -0.2) is 4.98 Å². The van der Waals surface area contributed by atoms with Gasteiger partial charge in [0.2, 0.25) is 0 Å². The molecule has 96 valence electrons. The van der Waals surface area contributed by atoms with Crippen LogP contribution >= 0.6 is 0 Å². The monoisotopic (exact) mass is 254 g/mol. The molecule has 0 aliphatic rings. The van der Waals surface area contributed by atoms with Crippen molar-refractivity contribution in [2.45, 2.75) is 13.0 Å². The molecule has 19 heavy (non-hydrogen) atoms. The average Bonchev–Trinajstić information content (AvgIpc) is 2.97. The molecular formula is C14H14N4O. The van der Waals surface area contributed by atoms with Gasteiger partial charge >= 0.3 is 0 Å². The van der Waals surface area contributed by atoms with Crippen LogP contribution in [0.15, 0.2) is 42.9 Å². The molecule has 1 aromatic carbocycles. The molecule has 0 aliphatic heterocycles. The average molecular weight is 254 g/mol. The maximum Gasteiger partial charge on any atom is 0.158 e. The number of para-hydroxylation sites is 2. The van der Waals surface area contributed by atoms with Crippen molar-refractivity contribution in [3.8, 4) is 0 Å². The summed E-state index contributed by atoms with van der Waals surface area (Å²) in [4.78, 5) is 16.3. The van der Waals surface area contributed by atoms with Gasteiger partial charge in [0.1, 0.15) is 0 Å². The van der Waals surface area contributed by atoms with E-state index in [1.54, 1.807) is 11.0 Å². The summed E-state index contributed by atoms with van der Waals surface area (Å²) >= 11 is 0. The molecule has 3 aromatic rings. The molecule has 0 saturated heterocycles. The Morgan fingerprint density at radius 2 is 2.11 bits per heavy atom. The molecule has 0 fully saturated rings. The fraction of sp³-hybridized carbons (Fsp3) is 0.214. The van der Waals surface area contributed by atoms with Gasteiger partial charge in [-0.3, -0.25) is 9.48 Å². The molecule has 5 heteroatoms. The SMILES string of the molecule is Cn1ccc(CC(=O)Cn2cnc3ccccc32)n1. The number of carbonyl (C=O) groups is 1. The molecule has 0 spiro atoms. The minimum Gasteiger partial charge on any atom is -0.323 e. The van der Waals surface area contributed by atoms with Gasteiger partial charge in [-0.1, -0.05) is 12.1 Å². The van der Waals surface area contributed by atoms with Crippen LogP contribution in [0.4, 0.5) is 0 Å². The van der Waals surface area contributed by atoms with E-state index in [-0.39, 0.29) is 5.78 Å². The van der Waals surface area contributed by atoms with Crippen LogP contribution in [-0.4, -0.2) is 25.1 Å². The van der Waals surface area contributed by atoms with Gasteiger partial charge in [0.15, 0.2) is 5.78 Å². The summed E-state index contributed by atoms with van der Waals surface area (Å²) in [5, 5.41) is 4.21. The van der Waals surface area contributed by atoms with Crippen LogP contribution in [0.3, 0.4) is 0 Å². The summed E-state index contributed by atoms with van der Waals surface area (Å²) < 4.78 is 3.58. The number of hydrogen-bond donors (Lipinski definition) is 0. The maximum atomic E-state index is 12.0. The lowest BCUT2D eigenvalue weighted by Crippen LogP contribution is -2.12. The van der Waals surface area contributed by atoms with Crippen LogP contribution < -0.4 is 0 Å². The van der Waals surface area contributed by atoms with E-state index < -0.39 is 0 Å². The second kappa shape index (κ2) is 4.68. The molecule has 0 unspecified atom stereocenters. The van der Waals surface area contributed by atoms with Crippen molar-refractivity contribution in [3.05, 3.63) is 48.5 Å². The third-order valence-electron chi connectivity index (χ3n) is 3.02. The molecular weight excluding hydrogens is 240 g/mol. The van der Waals surface area contributed by atoms with Crippen molar-refractivity contribution in [3.63, 3.8) is 0 Å². The van der Waals surface area contributed by atoms with Crippen LogP contribution in [0.5, 0.6) is 0 Å². The van der Waals surface area contributed by atoms with E-state index in [4.69, 9.17) is 0 Å². The lowest BCUT2D eigenvalue weighted by atomic mass is 10.2. The number of hydrogen-bond acceptors (Lipinski definition) is 3. The summed E-state index contributed by atoms with van der Waals surface area (Å²) in [6, 6.07) is 9.66. The van der Waals surface area contributed by atoms with Gasteiger partial charge in [0, 0.05) is 13.2 Å². The molecule has 0 aliphatic carbocycles. The molecule has 0 atom stereocenters. The summed E-state index contributed by atoms with van der Waals surface area (Å²) in [7, 11) is 1.84. The topological polar surface area (TPSA) is 52.7 Å². The first kappa shape index (κ1) is 11.6. The lowest BCUT2D eigenvalue weighted by Gasteiger charge is -2.02. The van der Waals surface area contributed by atoms with Crippen LogP contribution in [-0.2, 0) is 24.8 Å². The van der Waals surface area contributed by atoms with E-state index in [2.05, 4.69) is 10.1 Å². The second-order valence-corrected chi connectivity index (χ2v) is 4.56. The Hall–Kier alpha value is -2.43. The highest BCUT2D eigenvalue weighted by atomic mass is 16.1. The standard InChI is InChI=1S/C14H14N4O/c1-17-7-6-11(16-17)8-12(19)9-18-10-15-13-4-2-3-5-14(13)18/h2-7,10H,8-9H2,1H3. The third kappa shape index (κ3) is 2.40. The fourth-order valence-electron chi connectivity index (χ4n) is 2.14. The number of aromatic nitrogens is 4. The molecule has 0 bridgehead atoms. The Kier molecular flexibility index (Phi) is 2.87. The Balaban J connectivity index is 1.76. The first-order valence-corrected chi connectivity index (χ1v) is 6.12. The number of imidazole rings is 1. The first-order chi connectivity index (χ1) is 9.22. The van der Waals surface area contributed by atoms with Crippen molar-refractivity contribution in [2.75, 3.05) is 0 Å². The minimum absolute atomic E-state index is 0.127. The zero-order valence-electron chi connectivity index (χ0n) is 10.7. The molecule has 0 amide bonds. The summed E-state index contributed by atoms with van der Waals surface area (Å²) in [6.07, 6.45) is 3.91. The highest BCUT2D eigenvalue weighted by Gasteiger charge is 2.09. The van der Waals surface area contributed by atoms with Gasteiger partial charge in [-0.15, -0.1) is 0 Å². The van der Waals surface area contributed by atoms with Crippen LogP contribution in [0, 0.1) is 0 Å². The Morgan fingerprint density at radius 3 is 2.89 bits per heavy atom. The van der Waals surface area contributed by atoms with Crippen molar-refractivity contribution in [1.82, 2.24) is 19.3 Å². The highest BCUT2D eigenvalue weighted by molar-refractivity contribution is 5.83. The lowest BCUT2D eigenvalue weighted by molar-refractivity contribution is -0.119. The fourth-order valence-corrected chi connectivity index (χ4v) is 2.14. The van der Waals surface area contributed by atoms with Crippen molar-refractivity contribution < 1.29 is 4.79 Å². The Labute approximate surface area is 110 Å². The van der Waals surface area contributed by atoms with E-state index in [1.165, 1.54) is 0 Å². The number of nitrogens with zero attached hydrogens (tertiary/aromatic N) is 4. The molecule has 0 saturated carbocycles. The number of Topliss-reactive ketones (excluding diaryl/α,β-unsaturated/α-hetero) is 1. The van der Waals surface area contributed by atoms with Crippen molar-refractivity contribution >= 4 is 16.8 Å². The van der Waals surface area contributed by atoms with E-state index in [9.17, 15) is 4.79 Å². The smallest absolute Gasteiger partial charge is 0.158 e. The number of benzene rings is 1. The molecule has 2 aromatic heterocycles. The first-order valence-electron chi connectivity index (χ1n) is 6.12. The Bertz CT molecular complexity index is 726. The zero-order chi connectivity index (χ0) is 13.2. The quantitative estimate of drug-likeness (QED) is 0.710. The van der Waals surface area contributed by atoms with Crippen LogP contribution in [0.2, 0.25) is 0 Å². The summed E-state index contributed by atoms with van der Waals surface area (Å²) in [5.74, 6) is 0.127. The minimum atomic E-state index is 0.127. The summed E-state index contributed by atoms with van der Waals surface area (Å²) in [5.41, 5.74) is 2.70. The third-order valence-corrected chi connectivity index (χ3v) is 3.02. The van der Waals surface area contributed by atoms with E-state index >= 15 is 0 Å². The van der Waals surface area contributed by atoms with Crippen LogP contribution in [0.1, 0.15) is 5.69 Å². The van der Waals surface area contributed by atoms with Gasteiger partial charge < -0.3 is 4.57 Å². The summed E-state index contributed by atoms with van der Waals surface area (Å²) in [6.45, 7) is 0.330. The molecule has 5 nitrogen and oxygen atoms in total.